The first-order valence-corrected chi connectivity index (χ1v) is 9.85. The Labute approximate surface area is 178 Å². The van der Waals surface area contributed by atoms with Crippen LogP contribution in [-0.2, 0) is 0 Å². The second kappa shape index (κ2) is 8.96. The number of aryl methyl sites for hydroxylation is 1. The molecule has 1 unspecified atom stereocenters. The average molecular weight is 436 g/mol. The molecule has 1 fully saturated rings. The summed E-state index contributed by atoms with van der Waals surface area (Å²) < 4.78 is 0. The summed E-state index contributed by atoms with van der Waals surface area (Å²) in [5.74, 6) is 0.506. The van der Waals surface area contributed by atoms with E-state index in [0.29, 0.717) is 39.5 Å². The first kappa shape index (κ1) is 20.7. The van der Waals surface area contributed by atoms with Crippen LogP contribution in [0.4, 0.5) is 0 Å². The molecule has 1 saturated heterocycles. The van der Waals surface area contributed by atoms with E-state index in [9.17, 15) is 4.79 Å². The molecule has 0 bridgehead atoms. The fraction of sp³-hybridized carbons (Fsp3) is 0.263. The van der Waals surface area contributed by atoms with Gasteiger partial charge in [0.15, 0.2) is 10.8 Å². The molecule has 1 aromatic carbocycles. The van der Waals surface area contributed by atoms with Crippen molar-refractivity contribution in [3.05, 3.63) is 63.9 Å². The summed E-state index contributed by atoms with van der Waals surface area (Å²) in [6.07, 6.45) is 3.34. The Morgan fingerprint density at radius 2 is 2.00 bits per heavy atom. The van der Waals surface area contributed by atoms with Crippen LogP contribution in [0.2, 0.25) is 5.02 Å². The molecule has 0 saturated carbocycles. The second-order valence-electron chi connectivity index (χ2n) is 6.25. The maximum absolute atomic E-state index is 13.3. The molecule has 1 N–H and O–H groups in total. The number of hydrogen-bond donors (Lipinski definition) is 1. The first-order chi connectivity index (χ1) is 13.1. The van der Waals surface area contributed by atoms with Crippen molar-refractivity contribution in [2.75, 3.05) is 19.6 Å². The molecule has 1 aliphatic heterocycles. The van der Waals surface area contributed by atoms with Crippen molar-refractivity contribution < 1.29 is 4.79 Å². The average Bonchev–Trinajstić information content (AvgIpc) is 3.10. The van der Waals surface area contributed by atoms with Gasteiger partial charge in [-0.3, -0.25) is 4.79 Å². The summed E-state index contributed by atoms with van der Waals surface area (Å²) in [5, 5.41) is 4.68. The van der Waals surface area contributed by atoms with Gasteiger partial charge in [0.25, 0.3) is 5.91 Å². The Morgan fingerprint density at radius 3 is 2.75 bits per heavy atom. The predicted octanol–water partition coefficient (Wildman–Crippen LogP) is 3.77. The van der Waals surface area contributed by atoms with Gasteiger partial charge in [0.05, 0.1) is 11.7 Å². The third-order valence-electron chi connectivity index (χ3n) is 4.52. The molecule has 3 aromatic rings. The van der Waals surface area contributed by atoms with Gasteiger partial charge < -0.3 is 10.2 Å². The number of amides is 1. The van der Waals surface area contributed by atoms with Crippen molar-refractivity contribution in [3.8, 4) is 10.8 Å². The molecule has 9 heteroatoms. The highest BCUT2D eigenvalue weighted by Gasteiger charge is 2.32. The van der Waals surface area contributed by atoms with E-state index >= 15 is 0 Å². The number of aromatic nitrogens is 3. The fourth-order valence-corrected chi connectivity index (χ4v) is 4.43. The third-order valence-corrected chi connectivity index (χ3v) is 6.00. The number of hydrogen-bond acceptors (Lipinski definition) is 6. The Morgan fingerprint density at radius 1 is 1.25 bits per heavy atom. The van der Waals surface area contributed by atoms with E-state index in [1.807, 2.05) is 36.1 Å². The molecule has 0 spiro atoms. The Balaban J connectivity index is 0.00000225. The Kier molecular flexibility index (Phi) is 6.61. The molecule has 4 rings (SSSR count). The number of nitrogens with zero attached hydrogens (tertiary/aromatic N) is 4. The largest absolute Gasteiger partial charge is 0.328 e. The highest BCUT2D eigenvalue weighted by molar-refractivity contribution is 7.17. The summed E-state index contributed by atoms with van der Waals surface area (Å²) in [5.41, 5.74) is 1.65. The Bertz CT molecular complexity index is 966. The standard InChI is InChI=1S/C19H18ClN5OS.ClH/c1-12-16(27-18(24-12)17-22-7-4-8-23-17)19(26)25-10-9-21-11-15(25)13-5-2-3-6-14(13)20;/h2-8,15,21H,9-11H2,1H3;1H. The van der Waals surface area contributed by atoms with E-state index in [-0.39, 0.29) is 24.4 Å². The molecular weight excluding hydrogens is 417 g/mol. The molecule has 2 aromatic heterocycles. The summed E-state index contributed by atoms with van der Waals surface area (Å²) >= 11 is 7.73. The predicted molar refractivity (Wildman–Crippen MR) is 113 cm³/mol. The molecule has 146 valence electrons. The molecule has 0 aliphatic carbocycles. The molecule has 1 aliphatic rings. The van der Waals surface area contributed by atoms with Gasteiger partial charge >= 0.3 is 0 Å². The normalized spacial score (nSPS) is 16.5. The van der Waals surface area contributed by atoms with Crippen LogP contribution in [0.5, 0.6) is 0 Å². The van der Waals surface area contributed by atoms with E-state index in [4.69, 9.17) is 11.6 Å². The lowest BCUT2D eigenvalue weighted by Crippen LogP contribution is -2.48. The van der Waals surface area contributed by atoms with Crippen LogP contribution in [0.3, 0.4) is 0 Å². The van der Waals surface area contributed by atoms with Crippen molar-refractivity contribution in [2.45, 2.75) is 13.0 Å². The minimum Gasteiger partial charge on any atom is -0.328 e. The maximum Gasteiger partial charge on any atom is 0.266 e. The third kappa shape index (κ3) is 4.03. The van der Waals surface area contributed by atoms with Crippen molar-refractivity contribution in [1.29, 1.82) is 0 Å². The number of halogens is 2. The zero-order chi connectivity index (χ0) is 18.8. The maximum atomic E-state index is 13.3. The van der Waals surface area contributed by atoms with Crippen LogP contribution in [0.25, 0.3) is 10.8 Å². The van der Waals surface area contributed by atoms with Crippen LogP contribution >= 0.6 is 35.3 Å². The van der Waals surface area contributed by atoms with Crippen molar-refractivity contribution in [2.24, 2.45) is 0 Å². The molecule has 1 atom stereocenters. The second-order valence-corrected chi connectivity index (χ2v) is 7.65. The fourth-order valence-electron chi connectivity index (χ4n) is 3.20. The van der Waals surface area contributed by atoms with Gasteiger partial charge in [-0.1, -0.05) is 29.8 Å². The number of benzene rings is 1. The van der Waals surface area contributed by atoms with Gasteiger partial charge in [-0.15, -0.1) is 23.7 Å². The molecule has 3 heterocycles. The van der Waals surface area contributed by atoms with Gasteiger partial charge in [-0.2, -0.15) is 0 Å². The van der Waals surface area contributed by atoms with Gasteiger partial charge in [0.2, 0.25) is 0 Å². The number of piperazine rings is 1. The van der Waals surface area contributed by atoms with Crippen molar-refractivity contribution >= 4 is 41.3 Å². The Hall–Kier alpha value is -2.06. The van der Waals surface area contributed by atoms with Crippen molar-refractivity contribution in [1.82, 2.24) is 25.2 Å². The van der Waals surface area contributed by atoms with E-state index in [0.717, 1.165) is 12.1 Å². The zero-order valence-corrected chi connectivity index (χ0v) is 17.5. The van der Waals surface area contributed by atoms with Gasteiger partial charge in [0, 0.05) is 37.1 Å². The van der Waals surface area contributed by atoms with Gasteiger partial charge in [-0.25, -0.2) is 15.0 Å². The lowest BCUT2D eigenvalue weighted by atomic mass is 10.0. The molecule has 1 amide bonds. The molecule has 28 heavy (non-hydrogen) atoms. The number of thiazole rings is 1. The van der Waals surface area contributed by atoms with Crippen LogP contribution in [0.15, 0.2) is 42.7 Å². The van der Waals surface area contributed by atoms with E-state index in [1.165, 1.54) is 11.3 Å². The smallest absolute Gasteiger partial charge is 0.266 e. The summed E-state index contributed by atoms with van der Waals surface area (Å²) in [4.78, 5) is 28.8. The lowest BCUT2D eigenvalue weighted by Gasteiger charge is -2.36. The summed E-state index contributed by atoms with van der Waals surface area (Å²) in [7, 11) is 0. The monoisotopic (exact) mass is 435 g/mol. The number of rotatable bonds is 3. The van der Waals surface area contributed by atoms with E-state index < -0.39 is 0 Å². The van der Waals surface area contributed by atoms with E-state index in [1.54, 1.807) is 18.5 Å². The summed E-state index contributed by atoms with van der Waals surface area (Å²) in [6, 6.07) is 9.32. The topological polar surface area (TPSA) is 71.0 Å². The first-order valence-electron chi connectivity index (χ1n) is 8.66. The quantitative estimate of drug-likeness (QED) is 0.677. The van der Waals surface area contributed by atoms with Crippen LogP contribution < -0.4 is 5.32 Å². The lowest BCUT2D eigenvalue weighted by molar-refractivity contribution is 0.0638. The number of nitrogens with one attached hydrogen (secondary N) is 1. The van der Waals surface area contributed by atoms with Gasteiger partial charge in [0.1, 0.15) is 4.88 Å². The van der Waals surface area contributed by atoms with E-state index in [2.05, 4.69) is 20.3 Å². The number of carbonyl (C=O) groups excluding carboxylic acids is 1. The van der Waals surface area contributed by atoms with Crippen LogP contribution in [-0.4, -0.2) is 45.4 Å². The molecule has 0 radical (unpaired) electrons. The highest BCUT2D eigenvalue weighted by atomic mass is 35.5. The summed E-state index contributed by atoms with van der Waals surface area (Å²) in [6.45, 7) is 3.88. The SMILES string of the molecule is Cc1nc(-c2ncccn2)sc1C(=O)N1CCNCC1c1ccccc1Cl.Cl. The minimum atomic E-state index is -0.113. The van der Waals surface area contributed by atoms with Crippen molar-refractivity contribution in [3.63, 3.8) is 0 Å². The minimum absolute atomic E-state index is 0. The highest BCUT2D eigenvalue weighted by Crippen LogP contribution is 2.32. The zero-order valence-electron chi connectivity index (χ0n) is 15.1. The van der Waals surface area contributed by atoms with Crippen LogP contribution in [0, 0.1) is 6.92 Å². The van der Waals surface area contributed by atoms with Crippen LogP contribution in [0.1, 0.15) is 27.0 Å². The van der Waals surface area contributed by atoms with Gasteiger partial charge in [-0.05, 0) is 24.6 Å². The number of carbonyl (C=O) groups is 1. The molecular formula is C19H19Cl2N5OS. The molecule has 6 nitrogen and oxygen atoms in total.